The number of alkyl carbamates (subject to hydrolysis) is 1. The molecule has 3 fully saturated rings. The molecular weight excluding hydrogens is 1700 g/mol. The van der Waals surface area contributed by atoms with Crippen LogP contribution in [0.5, 0.6) is 0 Å². The highest BCUT2D eigenvalue weighted by Gasteiger charge is 2.62. The van der Waals surface area contributed by atoms with Crippen LogP contribution in [0.15, 0.2) is 102 Å². The average Bonchev–Trinajstić information content (AvgIpc) is 1.70. The standard InChI is InChI=1S/C79H93N17O30S/c1-34(20-60(102)103)64-73(117)91-54(22-56(98)43-13-6-8-14-48(43)80)74(118)126-36(3)65(95-70(114)52(25-62(106)107)90-69(113)50(23-57(81)99)92-75(119)78(82)28-47(78)45-29-84-49-15-9-7-12-42(45)49)72(116)86-31-59(101)96-79(27-37(79)18-19-83-77(121)125-33-46-40-11-5-4-10-39(40)41-17-16-38(21-44(41)46)127(122,123)124)76(120)93-53(26-63(108)109)68(112)87-35(2)66(110)89-51(24-61(104)105)67(111)85-30-58(100)88-55(32-97)71(115)94-64/h4-17,21,29,34-37,46-47,50-55,64-65,84,97H,18-20,22-28,30-33,80,82H2,1-3H3,(H2,81,99)(H,83,121)(H,85,111)(H,86,116)(H,87,112)(H,88,100)(H,89,110)(H,90,113)(H,91,117)(H,92,119)(H,93,120)(H,94,115)(H,95,114)(H,96,101)(H,102,103)(H,104,105)(H,106,107)(H,108,109)(H,122,123,124)/t34-,35-,36-,37?,46?,47?,50-,51+,52+,53+,54+,55-,64+,65+,78?,79?/m1/s1. The number of anilines is 1. The Kier molecular flexibility index (Phi) is 31.3. The molecule has 680 valence electrons. The van der Waals surface area contributed by atoms with Crippen LogP contribution in [0.2, 0.25) is 0 Å². The zero-order valence-corrected chi connectivity index (χ0v) is 68.7. The van der Waals surface area contributed by atoms with Crippen LogP contribution in [0.1, 0.15) is 117 Å². The molecule has 14 amide bonds. The molecule has 0 bridgehead atoms. The molecule has 127 heavy (non-hydrogen) atoms. The number of carbonyl (C=O) groups is 20. The number of primary amides is 1. The van der Waals surface area contributed by atoms with Crippen LogP contribution in [-0.2, 0) is 106 Å². The van der Waals surface area contributed by atoms with E-state index in [0.717, 1.165) is 20.8 Å². The molecule has 1 saturated heterocycles. The summed E-state index contributed by atoms with van der Waals surface area (Å²) in [4.78, 5) is 279. The lowest BCUT2D eigenvalue weighted by molar-refractivity contribution is -0.156. The van der Waals surface area contributed by atoms with Gasteiger partial charge in [-0.15, -0.1) is 0 Å². The fourth-order valence-electron chi connectivity index (χ4n) is 14.6. The Labute approximate surface area is 719 Å². The van der Waals surface area contributed by atoms with Gasteiger partial charge in [-0.2, -0.15) is 8.42 Å². The topological polar surface area (TPSA) is 766 Å². The van der Waals surface area contributed by atoms with Crippen molar-refractivity contribution in [3.63, 3.8) is 0 Å². The summed E-state index contributed by atoms with van der Waals surface area (Å²) in [7, 11) is -4.72. The summed E-state index contributed by atoms with van der Waals surface area (Å²) in [6, 6.07) is 2.89. The zero-order valence-electron chi connectivity index (χ0n) is 67.8. The fourth-order valence-corrected chi connectivity index (χ4v) is 15.2. The van der Waals surface area contributed by atoms with E-state index in [1.54, 1.807) is 54.7 Å². The minimum atomic E-state index is -4.72. The Hall–Kier alpha value is -14.6. The number of para-hydroxylation sites is 2. The number of ether oxygens (including phenoxy) is 2. The normalized spacial score (nSPS) is 24.6. The summed E-state index contributed by atoms with van der Waals surface area (Å²) in [6.45, 7) is -1.86. The van der Waals surface area contributed by atoms with Gasteiger partial charge in [0, 0.05) is 53.2 Å². The van der Waals surface area contributed by atoms with Crippen LogP contribution >= 0.6 is 0 Å². The van der Waals surface area contributed by atoms with Crippen molar-refractivity contribution in [1.29, 1.82) is 0 Å². The van der Waals surface area contributed by atoms with Gasteiger partial charge in [0.15, 0.2) is 5.78 Å². The number of aliphatic carboxylic acids is 4. The first-order valence-corrected chi connectivity index (χ1v) is 40.7. The molecule has 47 nitrogen and oxygen atoms in total. The molecule has 1 spiro atoms. The predicted octanol–water partition coefficient (Wildman–Crippen LogP) is -5.78. The smallest absolute Gasteiger partial charge is 0.407 e. The molecule has 4 aromatic carbocycles. The first-order chi connectivity index (χ1) is 59.8. The lowest BCUT2D eigenvalue weighted by atomic mass is 9.96. The number of aliphatic hydroxyl groups excluding tert-OH is 1. The highest BCUT2D eigenvalue weighted by Crippen LogP contribution is 2.52. The molecule has 2 saturated carbocycles. The maximum Gasteiger partial charge on any atom is 0.407 e. The quantitative estimate of drug-likeness (QED) is 0.00960. The number of amides is 14. The second kappa shape index (κ2) is 41.3. The first kappa shape index (κ1) is 96.3. The van der Waals surface area contributed by atoms with Crippen LogP contribution in [0.4, 0.5) is 10.5 Å². The minimum Gasteiger partial charge on any atom is -0.481 e. The molecule has 5 unspecified atom stereocenters. The largest absolute Gasteiger partial charge is 0.481 e. The number of aromatic amines is 1. The van der Waals surface area contributed by atoms with Gasteiger partial charge >= 0.3 is 35.9 Å². The van der Waals surface area contributed by atoms with E-state index < -0.39 is 307 Å². The van der Waals surface area contributed by atoms with E-state index in [4.69, 9.17) is 26.7 Å². The number of nitrogen functional groups attached to an aromatic ring is 1. The maximum absolute atomic E-state index is 15.0. The average molecular weight is 1790 g/mol. The Morgan fingerprint density at radius 2 is 1.24 bits per heavy atom. The number of hydrogen-bond acceptors (Lipinski definition) is 27. The Morgan fingerprint density at radius 1 is 0.622 bits per heavy atom. The van der Waals surface area contributed by atoms with Gasteiger partial charge in [0.25, 0.3) is 10.1 Å². The number of carboxylic acid groups (broad SMARTS) is 4. The van der Waals surface area contributed by atoms with Crippen molar-refractivity contribution < 1.29 is 144 Å². The number of aromatic nitrogens is 1. The second-order valence-corrected chi connectivity index (χ2v) is 32.2. The van der Waals surface area contributed by atoms with Gasteiger partial charge in [-0.3, -0.25) is 90.9 Å². The number of carboxylic acids is 4. The van der Waals surface area contributed by atoms with E-state index in [0.29, 0.717) is 38.7 Å². The third-order valence-corrected chi connectivity index (χ3v) is 22.3. The monoisotopic (exact) mass is 1790 g/mol. The number of esters is 1. The van der Waals surface area contributed by atoms with Gasteiger partial charge in [-0.1, -0.05) is 67.6 Å². The van der Waals surface area contributed by atoms with Crippen LogP contribution in [0.25, 0.3) is 22.0 Å². The summed E-state index contributed by atoms with van der Waals surface area (Å²) in [5.74, 6) is -32.5. The Balaban J connectivity index is 1.05. The van der Waals surface area contributed by atoms with Crippen molar-refractivity contribution in [3.05, 3.63) is 119 Å². The van der Waals surface area contributed by atoms with Gasteiger partial charge in [-0.05, 0) is 103 Å². The Morgan fingerprint density at radius 3 is 1.90 bits per heavy atom. The maximum atomic E-state index is 15.0. The number of hydrogen-bond donors (Lipinski definition) is 23. The molecule has 2 heterocycles. The number of H-pyrrole nitrogens is 1. The zero-order chi connectivity index (χ0) is 93.4. The van der Waals surface area contributed by atoms with Crippen LogP contribution in [0, 0.1) is 11.8 Å². The van der Waals surface area contributed by atoms with Crippen molar-refractivity contribution >= 4 is 145 Å². The van der Waals surface area contributed by atoms with E-state index in [1.807, 2.05) is 16.0 Å². The molecule has 1 aliphatic heterocycles. The van der Waals surface area contributed by atoms with Gasteiger partial charge in [0.1, 0.15) is 78.2 Å². The van der Waals surface area contributed by atoms with E-state index in [1.165, 1.54) is 42.5 Å². The molecule has 9 rings (SSSR count). The number of cyclic esters (lactones) is 1. The predicted molar refractivity (Wildman–Crippen MR) is 433 cm³/mol. The molecule has 16 atom stereocenters. The summed E-state index contributed by atoms with van der Waals surface area (Å²) in [6.07, 6.45) is -9.72. The number of nitrogens with two attached hydrogens (primary N) is 3. The Bertz CT molecular complexity index is 5360. The van der Waals surface area contributed by atoms with E-state index in [9.17, 15) is 130 Å². The number of aliphatic hydroxyl groups is 1. The van der Waals surface area contributed by atoms with Gasteiger partial charge in [0.05, 0.1) is 56.7 Å². The molecule has 5 aromatic rings. The van der Waals surface area contributed by atoms with Crippen LogP contribution in [-0.4, -0.2) is 266 Å². The van der Waals surface area contributed by atoms with Gasteiger partial charge in [0.2, 0.25) is 76.8 Å². The van der Waals surface area contributed by atoms with E-state index >= 15 is 4.79 Å². The molecule has 26 N–H and O–H groups in total. The molecule has 0 radical (unpaired) electrons. The van der Waals surface area contributed by atoms with Crippen molar-refractivity contribution in [2.24, 2.45) is 23.3 Å². The van der Waals surface area contributed by atoms with E-state index in [2.05, 4.69) is 58.2 Å². The van der Waals surface area contributed by atoms with Crippen molar-refractivity contribution in [2.75, 3.05) is 38.6 Å². The highest BCUT2D eigenvalue weighted by atomic mass is 32.2. The van der Waals surface area contributed by atoms with Crippen molar-refractivity contribution in [1.82, 2.24) is 74.1 Å². The number of fused-ring (bicyclic) bond motifs is 4. The van der Waals surface area contributed by atoms with Crippen LogP contribution < -0.4 is 86.3 Å². The van der Waals surface area contributed by atoms with Gasteiger partial charge < -0.3 is 126 Å². The SMILES string of the molecule is C[C@H](CC(=O)O)[C@@H]1NC(=O)[C@@H](CO)NC(=O)CNC(=O)[C@H](CC(=O)O)NC(=O)[C@@H](C)NC(=O)[C@H](CC(=O)O)NC(=O)C2(CC2CCNC(=O)OCC2c3ccccc3-c3ccc(S(=O)(=O)O)cc32)NC(=O)CNC(=O)[C@@H](NC(=O)[C@H](CC(=O)O)NC(=O)[C@@H](CC(N)=O)NC(=O)C2(N)CC2c2c[nH]c3ccccc23)[C@@H](C)OC(=O)[C@H](CC(=O)c2ccccc2N)NC1=O. The summed E-state index contributed by atoms with van der Waals surface area (Å²) >= 11 is 0. The lowest BCUT2D eigenvalue weighted by Crippen LogP contribution is -2.62. The van der Waals surface area contributed by atoms with Gasteiger partial charge in [-0.25, -0.2) is 9.59 Å². The molecule has 48 heteroatoms. The first-order valence-electron chi connectivity index (χ1n) is 39.2. The molecule has 3 aliphatic carbocycles. The molecule has 1 aromatic heterocycles. The van der Waals surface area contributed by atoms with E-state index in [-0.39, 0.29) is 24.1 Å². The number of rotatable bonds is 28. The number of nitrogens with one attached hydrogen (secondary N) is 14. The third kappa shape index (κ3) is 24.7. The van der Waals surface area contributed by atoms with Crippen molar-refractivity contribution in [3.8, 4) is 11.1 Å². The summed E-state index contributed by atoms with van der Waals surface area (Å²) in [5.41, 5.74) is 17.1. The third-order valence-electron chi connectivity index (χ3n) is 21.5. The summed E-state index contributed by atoms with van der Waals surface area (Å²) in [5, 5.41) is 79.2. The lowest BCUT2D eigenvalue weighted by Gasteiger charge is -2.30. The number of Topliss-reactive ketones (excluding diaryl/α,β-unsaturated/α-hetero) is 1. The summed E-state index contributed by atoms with van der Waals surface area (Å²) < 4.78 is 45.6. The number of carbonyl (C=O) groups excluding carboxylic acids is 16. The molecular formula is C79H93N17O30S. The second-order valence-electron chi connectivity index (χ2n) is 30.8. The molecule has 4 aliphatic rings. The number of benzene rings is 4. The van der Waals surface area contributed by atoms with Crippen molar-refractivity contribution in [2.45, 2.75) is 167 Å². The number of ketones is 1. The highest BCUT2D eigenvalue weighted by molar-refractivity contribution is 7.85. The fraction of sp³-hybridized carbons (Fsp3) is 0.418. The minimum absolute atomic E-state index is 0.00280. The van der Waals surface area contributed by atoms with Crippen LogP contribution in [0.3, 0.4) is 0 Å².